The van der Waals surface area contributed by atoms with Crippen molar-refractivity contribution in [2.45, 2.75) is 52.9 Å². The van der Waals surface area contributed by atoms with Gasteiger partial charge in [0.2, 0.25) is 0 Å². The second-order valence-corrected chi connectivity index (χ2v) is 6.94. The summed E-state index contributed by atoms with van der Waals surface area (Å²) in [6, 6.07) is 10.8. The van der Waals surface area contributed by atoms with Crippen LogP contribution in [0, 0.1) is 5.92 Å². The van der Waals surface area contributed by atoms with E-state index in [4.69, 9.17) is 13.9 Å². The van der Waals surface area contributed by atoms with E-state index in [1.54, 1.807) is 18.4 Å². The van der Waals surface area contributed by atoms with Crippen molar-refractivity contribution in [1.29, 1.82) is 0 Å². The maximum absolute atomic E-state index is 12.4. The molecule has 1 aromatic heterocycles. The second-order valence-electron chi connectivity index (χ2n) is 6.94. The van der Waals surface area contributed by atoms with Gasteiger partial charge in [0.1, 0.15) is 11.5 Å². The minimum Gasteiger partial charge on any atom is -0.491 e. The highest BCUT2D eigenvalue weighted by atomic mass is 16.5. The molecular weight excluding hydrogens is 346 g/mol. The van der Waals surface area contributed by atoms with Crippen LogP contribution in [0.15, 0.2) is 47.1 Å². The first-order valence-corrected chi connectivity index (χ1v) is 9.10. The number of ether oxygens (including phenoxy) is 2. The third-order valence-electron chi connectivity index (χ3n) is 3.76. The molecule has 6 heteroatoms. The topological polar surface area (TPSA) is 77.8 Å². The average molecular weight is 373 g/mol. The molecule has 0 aliphatic carbocycles. The number of hydrogen-bond acceptors (Lipinski definition) is 5. The molecule has 1 N–H and O–H groups in total. The van der Waals surface area contributed by atoms with E-state index in [9.17, 15) is 9.59 Å². The fourth-order valence-electron chi connectivity index (χ4n) is 2.53. The highest BCUT2D eigenvalue weighted by Gasteiger charge is 2.26. The van der Waals surface area contributed by atoms with Crippen molar-refractivity contribution in [3.8, 4) is 5.75 Å². The quantitative estimate of drug-likeness (QED) is 0.681. The van der Waals surface area contributed by atoms with E-state index in [0.29, 0.717) is 11.5 Å². The molecule has 1 unspecified atom stereocenters. The Labute approximate surface area is 159 Å². The van der Waals surface area contributed by atoms with E-state index >= 15 is 0 Å². The highest BCUT2D eigenvalue weighted by molar-refractivity contribution is 5.84. The van der Waals surface area contributed by atoms with Gasteiger partial charge in [0.15, 0.2) is 6.10 Å². The Morgan fingerprint density at radius 2 is 1.89 bits per heavy atom. The number of carbonyl (C=O) groups excluding carboxylic acids is 2. The van der Waals surface area contributed by atoms with Crippen LogP contribution in [0.1, 0.15) is 39.0 Å². The van der Waals surface area contributed by atoms with E-state index < -0.39 is 12.1 Å². The predicted octanol–water partition coefficient (Wildman–Crippen LogP) is 3.49. The first kappa shape index (κ1) is 20.6. The van der Waals surface area contributed by atoms with Gasteiger partial charge >= 0.3 is 5.97 Å². The molecule has 1 amide bonds. The van der Waals surface area contributed by atoms with Gasteiger partial charge in [0.25, 0.3) is 5.91 Å². The van der Waals surface area contributed by atoms with Gasteiger partial charge in [-0.05, 0) is 49.6 Å². The molecule has 27 heavy (non-hydrogen) atoms. The summed E-state index contributed by atoms with van der Waals surface area (Å²) in [6.45, 7) is 7.80. The van der Waals surface area contributed by atoms with Crippen LogP contribution < -0.4 is 10.1 Å². The molecule has 0 spiro atoms. The lowest BCUT2D eigenvalue weighted by molar-refractivity contribution is -0.158. The number of hydrogen-bond donors (Lipinski definition) is 1. The Kier molecular flexibility index (Phi) is 7.46. The SMILES string of the molecule is CC(C)Oc1cccc(CC(=O)OC(C(=O)NCc2ccco2)C(C)C)c1. The van der Waals surface area contributed by atoms with Gasteiger partial charge in [-0.2, -0.15) is 0 Å². The van der Waals surface area contributed by atoms with Crippen molar-refractivity contribution >= 4 is 11.9 Å². The predicted molar refractivity (Wildman–Crippen MR) is 101 cm³/mol. The third kappa shape index (κ3) is 6.81. The van der Waals surface area contributed by atoms with Crippen LogP contribution in [0.2, 0.25) is 0 Å². The van der Waals surface area contributed by atoms with E-state index in [-0.39, 0.29) is 30.9 Å². The Morgan fingerprint density at radius 1 is 1.11 bits per heavy atom. The number of rotatable bonds is 9. The molecule has 146 valence electrons. The normalized spacial score (nSPS) is 12.1. The molecule has 0 aliphatic rings. The number of amides is 1. The molecule has 0 saturated heterocycles. The Bertz CT molecular complexity index is 737. The Hall–Kier alpha value is -2.76. The first-order chi connectivity index (χ1) is 12.8. The first-order valence-electron chi connectivity index (χ1n) is 9.10. The highest BCUT2D eigenvalue weighted by Crippen LogP contribution is 2.16. The van der Waals surface area contributed by atoms with Crippen LogP contribution in [-0.2, 0) is 27.3 Å². The summed E-state index contributed by atoms with van der Waals surface area (Å²) in [7, 11) is 0. The number of furan rings is 1. The Balaban J connectivity index is 1.93. The minimum atomic E-state index is -0.859. The molecule has 1 atom stereocenters. The van der Waals surface area contributed by atoms with Crippen LogP contribution >= 0.6 is 0 Å². The van der Waals surface area contributed by atoms with Crippen molar-refractivity contribution in [2.75, 3.05) is 0 Å². The van der Waals surface area contributed by atoms with Gasteiger partial charge in [-0.1, -0.05) is 26.0 Å². The summed E-state index contributed by atoms with van der Waals surface area (Å²) < 4.78 is 16.3. The second kappa shape index (κ2) is 9.80. The summed E-state index contributed by atoms with van der Waals surface area (Å²) in [5.74, 6) is 0.391. The van der Waals surface area contributed by atoms with Gasteiger partial charge in [0.05, 0.1) is 25.3 Å². The minimum absolute atomic E-state index is 0.0513. The maximum atomic E-state index is 12.4. The van der Waals surface area contributed by atoms with E-state index in [0.717, 1.165) is 5.56 Å². The van der Waals surface area contributed by atoms with Crippen LogP contribution in [-0.4, -0.2) is 24.1 Å². The van der Waals surface area contributed by atoms with Crippen LogP contribution in [0.25, 0.3) is 0 Å². The summed E-state index contributed by atoms with van der Waals surface area (Å²) in [5.41, 5.74) is 0.775. The van der Waals surface area contributed by atoms with E-state index in [1.165, 1.54) is 0 Å². The molecule has 6 nitrogen and oxygen atoms in total. The fraction of sp³-hybridized carbons (Fsp3) is 0.429. The van der Waals surface area contributed by atoms with Gasteiger partial charge in [0, 0.05) is 0 Å². The van der Waals surface area contributed by atoms with Gasteiger partial charge in [-0.15, -0.1) is 0 Å². The standard InChI is InChI=1S/C21H27NO5/c1-14(2)20(21(24)22-13-18-9-6-10-25-18)27-19(23)12-16-7-5-8-17(11-16)26-15(3)4/h5-11,14-15,20H,12-13H2,1-4H3,(H,22,24). The van der Waals surface area contributed by atoms with Gasteiger partial charge in [-0.25, -0.2) is 0 Å². The van der Waals surface area contributed by atoms with Gasteiger partial charge < -0.3 is 19.2 Å². The maximum Gasteiger partial charge on any atom is 0.311 e. The van der Waals surface area contributed by atoms with Crippen molar-refractivity contribution < 1.29 is 23.5 Å². The zero-order valence-corrected chi connectivity index (χ0v) is 16.2. The monoisotopic (exact) mass is 373 g/mol. The molecule has 2 aromatic rings. The number of nitrogens with one attached hydrogen (secondary N) is 1. The molecule has 1 heterocycles. The molecule has 0 radical (unpaired) electrons. The summed E-state index contributed by atoms with van der Waals surface area (Å²) in [5, 5.41) is 2.74. The van der Waals surface area contributed by atoms with Crippen molar-refractivity contribution in [1.82, 2.24) is 5.32 Å². The van der Waals surface area contributed by atoms with Crippen LogP contribution in [0.3, 0.4) is 0 Å². The average Bonchev–Trinajstić information content (AvgIpc) is 3.10. The molecular formula is C21H27NO5. The lowest BCUT2D eigenvalue weighted by Gasteiger charge is -2.20. The lowest BCUT2D eigenvalue weighted by Crippen LogP contribution is -2.40. The van der Waals surface area contributed by atoms with Gasteiger partial charge in [-0.3, -0.25) is 9.59 Å². The molecule has 0 aliphatic heterocycles. The number of esters is 1. The molecule has 0 bridgehead atoms. The largest absolute Gasteiger partial charge is 0.491 e. The van der Waals surface area contributed by atoms with E-state index in [1.807, 2.05) is 52.0 Å². The zero-order valence-electron chi connectivity index (χ0n) is 16.2. The van der Waals surface area contributed by atoms with Crippen LogP contribution in [0.5, 0.6) is 5.75 Å². The van der Waals surface area contributed by atoms with Crippen LogP contribution in [0.4, 0.5) is 0 Å². The number of benzene rings is 1. The summed E-state index contributed by atoms with van der Waals surface area (Å²) >= 11 is 0. The van der Waals surface area contributed by atoms with Crippen molar-refractivity contribution in [3.63, 3.8) is 0 Å². The smallest absolute Gasteiger partial charge is 0.311 e. The van der Waals surface area contributed by atoms with Crippen molar-refractivity contribution in [3.05, 3.63) is 54.0 Å². The van der Waals surface area contributed by atoms with E-state index in [2.05, 4.69) is 5.32 Å². The fourth-order valence-corrected chi connectivity index (χ4v) is 2.53. The lowest BCUT2D eigenvalue weighted by atomic mass is 10.1. The van der Waals surface area contributed by atoms with Crippen molar-refractivity contribution in [2.24, 2.45) is 5.92 Å². The third-order valence-corrected chi connectivity index (χ3v) is 3.76. The molecule has 0 fully saturated rings. The zero-order chi connectivity index (χ0) is 19.8. The Morgan fingerprint density at radius 3 is 2.52 bits per heavy atom. The summed E-state index contributed by atoms with van der Waals surface area (Å²) in [6.07, 6.45) is 0.806. The summed E-state index contributed by atoms with van der Waals surface area (Å²) in [4.78, 5) is 24.7. The molecule has 2 rings (SSSR count). The molecule has 0 saturated carbocycles. The molecule has 1 aromatic carbocycles. The number of carbonyl (C=O) groups is 2.